The van der Waals surface area contributed by atoms with E-state index in [1.165, 1.54) is 12.3 Å². The number of aromatic nitrogens is 1. The van der Waals surface area contributed by atoms with Gasteiger partial charge in [0.25, 0.3) is 0 Å². The number of aryl methyl sites for hydroxylation is 1. The molecule has 2 N–H and O–H groups in total. The lowest BCUT2D eigenvalue weighted by Crippen LogP contribution is -2.14. The summed E-state index contributed by atoms with van der Waals surface area (Å²) >= 11 is 3.15. The van der Waals surface area contributed by atoms with Gasteiger partial charge in [-0.2, -0.15) is 0 Å². The van der Waals surface area contributed by atoms with Gasteiger partial charge in [0, 0.05) is 23.3 Å². The molecule has 2 rings (SSSR count). The molecule has 1 atom stereocenters. The van der Waals surface area contributed by atoms with Crippen LogP contribution in [0.3, 0.4) is 0 Å². The molecule has 6 nitrogen and oxygen atoms in total. The first-order valence-electron chi connectivity index (χ1n) is 6.26. The average molecular weight is 352 g/mol. The van der Waals surface area contributed by atoms with E-state index >= 15 is 0 Å². The van der Waals surface area contributed by atoms with Crippen molar-refractivity contribution in [2.24, 2.45) is 0 Å². The summed E-state index contributed by atoms with van der Waals surface area (Å²) in [4.78, 5) is 14.4. The van der Waals surface area contributed by atoms with Gasteiger partial charge in [-0.3, -0.25) is 10.1 Å². The van der Waals surface area contributed by atoms with Crippen LogP contribution in [0.25, 0.3) is 0 Å². The zero-order chi connectivity index (χ0) is 15.4. The molecule has 0 spiro atoms. The zero-order valence-corrected chi connectivity index (χ0v) is 12.9. The van der Waals surface area contributed by atoms with E-state index in [1.807, 2.05) is 31.2 Å². The van der Waals surface area contributed by atoms with Gasteiger partial charge in [0.15, 0.2) is 0 Å². The summed E-state index contributed by atoms with van der Waals surface area (Å²) in [6, 6.07) is 8.84. The lowest BCUT2D eigenvalue weighted by molar-refractivity contribution is -0.384. The molecule has 0 saturated heterocycles. The van der Waals surface area contributed by atoms with Crippen LogP contribution in [0.2, 0.25) is 0 Å². The Hall–Kier alpha value is -1.99. The van der Waals surface area contributed by atoms with E-state index in [9.17, 15) is 15.2 Å². The average Bonchev–Trinajstić information content (AvgIpc) is 2.45. The van der Waals surface area contributed by atoms with Crippen LogP contribution >= 0.6 is 15.9 Å². The van der Waals surface area contributed by atoms with Gasteiger partial charge in [0.1, 0.15) is 0 Å². The minimum Gasteiger partial charge on any atom is -0.387 e. The third-order valence-corrected chi connectivity index (χ3v) is 3.35. The molecule has 0 fully saturated rings. The van der Waals surface area contributed by atoms with Crippen molar-refractivity contribution >= 4 is 27.4 Å². The maximum absolute atomic E-state index is 11.0. The molecule has 0 aliphatic carbocycles. The third-order valence-electron chi connectivity index (χ3n) is 2.92. The number of nitrogens with one attached hydrogen (secondary N) is 1. The maximum Gasteiger partial charge on any atom is 0.312 e. The summed E-state index contributed by atoms with van der Waals surface area (Å²) in [6.45, 7) is 2.07. The Balaban J connectivity index is 2.11. The van der Waals surface area contributed by atoms with Crippen LogP contribution in [0.1, 0.15) is 17.2 Å². The predicted octanol–water partition coefficient (Wildman–Crippen LogP) is 3.21. The van der Waals surface area contributed by atoms with Gasteiger partial charge in [-0.25, -0.2) is 4.98 Å². The molecule has 0 saturated carbocycles. The molecule has 0 aliphatic rings. The van der Waals surface area contributed by atoms with Gasteiger partial charge in [-0.1, -0.05) is 29.8 Å². The van der Waals surface area contributed by atoms with Crippen molar-refractivity contribution in [1.29, 1.82) is 0 Å². The number of nitro groups is 1. The van der Waals surface area contributed by atoms with Gasteiger partial charge in [-0.05, 0) is 28.4 Å². The molecule has 0 bridgehead atoms. The second kappa shape index (κ2) is 6.64. The highest BCUT2D eigenvalue weighted by Gasteiger charge is 2.17. The monoisotopic (exact) mass is 351 g/mol. The van der Waals surface area contributed by atoms with Crippen LogP contribution in [0.15, 0.2) is 41.0 Å². The van der Waals surface area contributed by atoms with Crippen molar-refractivity contribution in [1.82, 2.24) is 4.98 Å². The third kappa shape index (κ3) is 3.99. The first kappa shape index (κ1) is 15.4. The Morgan fingerprint density at radius 3 is 2.90 bits per heavy atom. The maximum atomic E-state index is 11.0. The Morgan fingerprint density at radius 2 is 2.24 bits per heavy atom. The van der Waals surface area contributed by atoms with Crippen molar-refractivity contribution in [3.8, 4) is 0 Å². The zero-order valence-electron chi connectivity index (χ0n) is 11.3. The molecule has 0 radical (unpaired) electrons. The highest BCUT2D eigenvalue weighted by Crippen LogP contribution is 2.26. The molecule has 0 amide bonds. The van der Waals surface area contributed by atoms with Crippen molar-refractivity contribution in [3.63, 3.8) is 0 Å². The number of rotatable bonds is 5. The van der Waals surface area contributed by atoms with Crippen molar-refractivity contribution in [2.45, 2.75) is 13.0 Å². The van der Waals surface area contributed by atoms with E-state index in [0.29, 0.717) is 4.47 Å². The molecule has 110 valence electrons. The molecular weight excluding hydrogens is 338 g/mol. The largest absolute Gasteiger partial charge is 0.387 e. The fourth-order valence-corrected chi connectivity index (χ4v) is 2.21. The van der Waals surface area contributed by atoms with Gasteiger partial charge < -0.3 is 10.4 Å². The minimum absolute atomic E-state index is 0.134. The van der Waals surface area contributed by atoms with Crippen LogP contribution < -0.4 is 5.32 Å². The Bertz CT molecular complexity index is 664. The van der Waals surface area contributed by atoms with Crippen LogP contribution in [0, 0.1) is 17.0 Å². The summed E-state index contributed by atoms with van der Waals surface area (Å²) < 4.78 is 0.527. The van der Waals surface area contributed by atoms with E-state index in [4.69, 9.17) is 0 Å². The number of hydrogen-bond donors (Lipinski definition) is 2. The Morgan fingerprint density at radius 1 is 1.48 bits per heavy atom. The summed E-state index contributed by atoms with van der Waals surface area (Å²) in [7, 11) is 0. The summed E-state index contributed by atoms with van der Waals surface area (Å²) in [5, 5.41) is 23.9. The summed E-state index contributed by atoms with van der Waals surface area (Å²) in [6.07, 6.45) is 0.698. The number of halogens is 1. The standard InChI is InChI=1S/C14H14BrN3O3/c1-9-3-2-4-10(5-9)13(19)8-17-14-12(18(20)21)6-11(15)7-16-14/h2-7,13,19H,8H2,1H3,(H,16,17). The van der Waals surface area contributed by atoms with Crippen molar-refractivity contribution in [3.05, 3.63) is 62.2 Å². The molecule has 1 aromatic heterocycles. The quantitative estimate of drug-likeness (QED) is 0.637. The topological polar surface area (TPSA) is 88.3 Å². The molecule has 21 heavy (non-hydrogen) atoms. The lowest BCUT2D eigenvalue weighted by Gasteiger charge is -2.13. The first-order chi connectivity index (χ1) is 9.97. The fourth-order valence-electron chi connectivity index (χ4n) is 1.89. The number of anilines is 1. The van der Waals surface area contributed by atoms with E-state index in [0.717, 1.165) is 11.1 Å². The molecule has 2 aromatic rings. The molecule has 0 aliphatic heterocycles. The smallest absolute Gasteiger partial charge is 0.312 e. The molecule has 1 aromatic carbocycles. The van der Waals surface area contributed by atoms with E-state index in [2.05, 4.69) is 26.2 Å². The van der Waals surface area contributed by atoms with E-state index in [1.54, 1.807) is 0 Å². The lowest BCUT2D eigenvalue weighted by atomic mass is 10.1. The van der Waals surface area contributed by atoms with Crippen LogP contribution in [-0.2, 0) is 0 Å². The Labute approximate surface area is 130 Å². The van der Waals surface area contributed by atoms with Crippen LogP contribution in [-0.4, -0.2) is 21.6 Å². The van der Waals surface area contributed by atoms with E-state index < -0.39 is 11.0 Å². The SMILES string of the molecule is Cc1cccc(C(O)CNc2ncc(Br)cc2[N+](=O)[O-])c1. The second-order valence-corrected chi connectivity index (χ2v) is 5.50. The summed E-state index contributed by atoms with van der Waals surface area (Å²) in [5.41, 5.74) is 1.65. The number of nitrogens with zero attached hydrogens (tertiary/aromatic N) is 2. The summed E-state index contributed by atoms with van der Waals surface area (Å²) in [5.74, 6) is 0.134. The van der Waals surface area contributed by atoms with Crippen molar-refractivity contribution < 1.29 is 10.0 Å². The van der Waals surface area contributed by atoms with Gasteiger partial charge in [0.05, 0.1) is 11.0 Å². The number of aliphatic hydroxyl groups is 1. The van der Waals surface area contributed by atoms with Crippen LogP contribution in [0.4, 0.5) is 11.5 Å². The minimum atomic E-state index is -0.769. The number of aliphatic hydroxyl groups excluding tert-OH is 1. The molecule has 1 unspecified atom stereocenters. The number of benzene rings is 1. The van der Waals surface area contributed by atoms with Gasteiger partial charge >= 0.3 is 5.69 Å². The molecular formula is C14H14BrN3O3. The number of pyridine rings is 1. The van der Waals surface area contributed by atoms with Crippen LogP contribution in [0.5, 0.6) is 0 Å². The Kier molecular flexibility index (Phi) is 4.87. The fraction of sp³-hybridized carbons (Fsp3) is 0.214. The first-order valence-corrected chi connectivity index (χ1v) is 7.05. The normalized spacial score (nSPS) is 12.0. The molecule has 7 heteroatoms. The second-order valence-electron chi connectivity index (χ2n) is 4.59. The molecule has 1 heterocycles. The highest BCUT2D eigenvalue weighted by atomic mass is 79.9. The van der Waals surface area contributed by atoms with Gasteiger partial charge in [0.2, 0.25) is 5.82 Å². The van der Waals surface area contributed by atoms with Crippen molar-refractivity contribution in [2.75, 3.05) is 11.9 Å². The highest BCUT2D eigenvalue weighted by molar-refractivity contribution is 9.10. The predicted molar refractivity (Wildman–Crippen MR) is 83.2 cm³/mol. The van der Waals surface area contributed by atoms with E-state index in [-0.39, 0.29) is 18.1 Å². The number of hydrogen-bond acceptors (Lipinski definition) is 5. The van der Waals surface area contributed by atoms with Gasteiger partial charge in [-0.15, -0.1) is 0 Å².